The number of nitrogens with zero attached hydrogens (tertiary/aromatic N) is 4. The Balaban J connectivity index is 1.61. The van der Waals surface area contributed by atoms with Gasteiger partial charge in [-0.15, -0.1) is 0 Å². The van der Waals surface area contributed by atoms with Crippen LogP contribution in [-0.2, 0) is 0 Å². The second kappa shape index (κ2) is 8.95. The first-order chi connectivity index (χ1) is 16.6. The SMILES string of the molecule is N#Cc1ccc(Nc2nc(N)cc(OC3C(F)(F)C=C(c4cccc(C#N)c4)CC3(F)F)n2)cc1. The van der Waals surface area contributed by atoms with E-state index in [0.717, 1.165) is 6.07 Å². The summed E-state index contributed by atoms with van der Waals surface area (Å²) in [7, 11) is 0. The van der Waals surface area contributed by atoms with E-state index in [0.29, 0.717) is 17.3 Å². The van der Waals surface area contributed by atoms with Gasteiger partial charge >= 0.3 is 5.92 Å². The Morgan fingerprint density at radius 1 is 0.971 bits per heavy atom. The lowest BCUT2D eigenvalue weighted by molar-refractivity contribution is -0.184. The van der Waals surface area contributed by atoms with Gasteiger partial charge in [0.05, 0.1) is 23.3 Å². The summed E-state index contributed by atoms with van der Waals surface area (Å²) >= 11 is 0. The van der Waals surface area contributed by atoms with E-state index in [1.165, 1.54) is 36.4 Å². The number of nitrogens with two attached hydrogens (primary N) is 1. The van der Waals surface area contributed by atoms with Crippen LogP contribution in [0.3, 0.4) is 0 Å². The maximum Gasteiger partial charge on any atom is 0.309 e. The van der Waals surface area contributed by atoms with E-state index in [2.05, 4.69) is 15.3 Å². The fourth-order valence-electron chi connectivity index (χ4n) is 3.56. The van der Waals surface area contributed by atoms with Crippen LogP contribution in [0.2, 0.25) is 0 Å². The minimum absolute atomic E-state index is 0.0991. The molecule has 4 rings (SSSR count). The molecule has 1 aromatic heterocycles. The van der Waals surface area contributed by atoms with Crippen molar-refractivity contribution < 1.29 is 22.3 Å². The van der Waals surface area contributed by atoms with Crippen molar-refractivity contribution >= 4 is 23.0 Å². The van der Waals surface area contributed by atoms with Crippen molar-refractivity contribution in [3.05, 3.63) is 77.4 Å². The molecule has 7 nitrogen and oxygen atoms in total. The standard InChI is InChI=1S/C24H16F4N6O/c25-23(26)10-17(16-3-1-2-15(8-16)13-30)11-24(27,28)21(23)35-20-9-19(31)33-22(34-20)32-18-6-4-14(12-29)5-7-18/h1-10,21H,11H2,(H3,31,32,33,34). The second-order valence-electron chi connectivity index (χ2n) is 7.74. The van der Waals surface area contributed by atoms with E-state index < -0.39 is 30.2 Å². The van der Waals surface area contributed by atoms with E-state index in [-0.39, 0.29) is 28.5 Å². The summed E-state index contributed by atoms with van der Waals surface area (Å²) in [6.07, 6.45) is -3.46. The molecule has 1 heterocycles. The fourth-order valence-corrected chi connectivity index (χ4v) is 3.56. The molecule has 1 atom stereocenters. The highest BCUT2D eigenvalue weighted by Gasteiger charge is 2.59. The molecule has 2 aromatic carbocycles. The maximum absolute atomic E-state index is 15.0. The van der Waals surface area contributed by atoms with Gasteiger partial charge in [0, 0.05) is 18.2 Å². The number of hydrogen-bond donors (Lipinski definition) is 2. The Hall–Kier alpha value is -4.64. The topological polar surface area (TPSA) is 121 Å². The lowest BCUT2D eigenvalue weighted by Gasteiger charge is -2.36. The van der Waals surface area contributed by atoms with Crippen molar-refractivity contribution in [2.75, 3.05) is 11.1 Å². The number of halogens is 4. The van der Waals surface area contributed by atoms with E-state index in [1.807, 2.05) is 12.1 Å². The molecule has 11 heteroatoms. The van der Waals surface area contributed by atoms with Crippen LogP contribution >= 0.6 is 0 Å². The Morgan fingerprint density at radius 3 is 2.34 bits per heavy atom. The van der Waals surface area contributed by atoms with Crippen LogP contribution in [0, 0.1) is 22.7 Å². The van der Waals surface area contributed by atoms with E-state index in [9.17, 15) is 17.6 Å². The number of benzene rings is 2. The van der Waals surface area contributed by atoms with E-state index in [1.54, 1.807) is 12.1 Å². The first-order valence-electron chi connectivity index (χ1n) is 10.2. The third-order valence-corrected chi connectivity index (χ3v) is 5.12. The third-order valence-electron chi connectivity index (χ3n) is 5.12. The van der Waals surface area contributed by atoms with Gasteiger partial charge in [0.1, 0.15) is 5.82 Å². The molecule has 0 radical (unpaired) electrons. The lowest BCUT2D eigenvalue weighted by Crippen LogP contribution is -2.53. The minimum atomic E-state index is -4.07. The third kappa shape index (κ3) is 5.14. The zero-order chi connectivity index (χ0) is 25.2. The highest BCUT2D eigenvalue weighted by atomic mass is 19.3. The molecule has 1 unspecified atom stereocenters. The highest BCUT2D eigenvalue weighted by Crippen LogP contribution is 2.46. The lowest BCUT2D eigenvalue weighted by atomic mass is 9.86. The van der Waals surface area contributed by atoms with Gasteiger partial charge in [0.15, 0.2) is 0 Å². The predicted octanol–water partition coefficient (Wildman–Crippen LogP) is 5.05. The number of aromatic nitrogens is 2. The summed E-state index contributed by atoms with van der Waals surface area (Å²) in [5.41, 5.74) is 6.50. The quantitative estimate of drug-likeness (QED) is 0.490. The maximum atomic E-state index is 15.0. The summed E-state index contributed by atoms with van der Waals surface area (Å²) in [6.45, 7) is 0. The summed E-state index contributed by atoms with van der Waals surface area (Å²) < 4.78 is 64.8. The van der Waals surface area contributed by atoms with Crippen LogP contribution in [0.15, 0.2) is 60.7 Å². The average Bonchev–Trinajstić information content (AvgIpc) is 2.81. The molecule has 0 aliphatic heterocycles. The van der Waals surface area contributed by atoms with Crippen LogP contribution < -0.4 is 15.8 Å². The molecule has 3 N–H and O–H groups in total. The number of alkyl halides is 4. The molecule has 35 heavy (non-hydrogen) atoms. The van der Waals surface area contributed by atoms with E-state index >= 15 is 0 Å². The summed E-state index contributed by atoms with van der Waals surface area (Å²) in [5, 5.41) is 20.6. The van der Waals surface area contributed by atoms with Crippen molar-refractivity contribution in [3.63, 3.8) is 0 Å². The van der Waals surface area contributed by atoms with Gasteiger partial charge in [-0.05, 0) is 53.6 Å². The van der Waals surface area contributed by atoms with E-state index in [4.69, 9.17) is 21.0 Å². The van der Waals surface area contributed by atoms with Gasteiger partial charge in [-0.1, -0.05) is 12.1 Å². The monoisotopic (exact) mass is 480 g/mol. The average molecular weight is 480 g/mol. The van der Waals surface area contributed by atoms with Crippen molar-refractivity contribution in [1.29, 1.82) is 10.5 Å². The zero-order valence-corrected chi connectivity index (χ0v) is 17.8. The van der Waals surface area contributed by atoms with Crippen LogP contribution in [0.1, 0.15) is 23.1 Å². The van der Waals surface area contributed by atoms with Gasteiger partial charge in [0.25, 0.3) is 5.92 Å². The predicted molar refractivity (Wildman–Crippen MR) is 119 cm³/mol. The van der Waals surface area contributed by atoms with Crippen LogP contribution in [-0.4, -0.2) is 27.9 Å². The molecule has 0 spiro atoms. The Morgan fingerprint density at radius 2 is 1.69 bits per heavy atom. The number of nitrogens with one attached hydrogen (secondary N) is 1. The number of ether oxygens (including phenoxy) is 1. The number of anilines is 3. The fraction of sp³-hybridized carbons (Fsp3) is 0.167. The van der Waals surface area contributed by atoms with Gasteiger partial charge in [-0.25, -0.2) is 8.78 Å². The molecule has 0 saturated heterocycles. The Bertz CT molecular complexity index is 1380. The van der Waals surface area contributed by atoms with Crippen LogP contribution in [0.4, 0.5) is 35.0 Å². The van der Waals surface area contributed by atoms with Crippen LogP contribution in [0.5, 0.6) is 5.88 Å². The summed E-state index contributed by atoms with van der Waals surface area (Å²) in [4.78, 5) is 7.79. The molecule has 1 aliphatic rings. The number of nitrogen functional groups attached to an aromatic ring is 1. The smallest absolute Gasteiger partial charge is 0.309 e. The Labute approximate surface area is 197 Å². The summed E-state index contributed by atoms with van der Waals surface area (Å²) in [6, 6.07) is 16.4. The molecule has 1 aliphatic carbocycles. The molecule has 0 fully saturated rings. The molecule has 3 aromatic rings. The first-order valence-corrected chi connectivity index (χ1v) is 10.2. The molecule has 176 valence electrons. The molecular formula is C24H16F4N6O. The zero-order valence-electron chi connectivity index (χ0n) is 17.8. The number of rotatable bonds is 5. The summed E-state index contributed by atoms with van der Waals surface area (Å²) in [5.74, 6) is -8.98. The number of allylic oxidation sites excluding steroid dienone is 1. The van der Waals surface area contributed by atoms with Crippen molar-refractivity contribution in [1.82, 2.24) is 9.97 Å². The second-order valence-corrected chi connectivity index (χ2v) is 7.74. The van der Waals surface area contributed by atoms with Crippen molar-refractivity contribution in [2.45, 2.75) is 24.4 Å². The number of hydrogen-bond acceptors (Lipinski definition) is 7. The van der Waals surface area contributed by atoms with Gasteiger partial charge < -0.3 is 15.8 Å². The van der Waals surface area contributed by atoms with Gasteiger partial charge in [-0.3, -0.25) is 0 Å². The number of nitriles is 2. The molecule has 0 amide bonds. The molecular weight excluding hydrogens is 464 g/mol. The van der Waals surface area contributed by atoms with Gasteiger partial charge in [-0.2, -0.15) is 29.3 Å². The molecule has 0 bridgehead atoms. The van der Waals surface area contributed by atoms with Crippen LogP contribution in [0.25, 0.3) is 5.57 Å². The molecule has 0 saturated carbocycles. The normalized spacial score (nSPS) is 18.0. The largest absolute Gasteiger partial charge is 0.461 e. The minimum Gasteiger partial charge on any atom is -0.461 e. The van der Waals surface area contributed by atoms with Crippen molar-refractivity contribution in [3.8, 4) is 18.0 Å². The van der Waals surface area contributed by atoms with Crippen molar-refractivity contribution in [2.24, 2.45) is 0 Å². The Kier molecular flexibility index (Phi) is 6.01. The first kappa shape index (κ1) is 23.5. The van der Waals surface area contributed by atoms with Gasteiger partial charge in [0.2, 0.25) is 17.9 Å². The highest BCUT2D eigenvalue weighted by molar-refractivity contribution is 5.70.